The van der Waals surface area contributed by atoms with E-state index in [2.05, 4.69) is 10.6 Å². The number of amides is 2. The average molecular weight is 354 g/mol. The zero-order valence-electron chi connectivity index (χ0n) is 15.0. The molecular formula is C20H22N2O4. The van der Waals surface area contributed by atoms with Crippen LogP contribution >= 0.6 is 0 Å². The van der Waals surface area contributed by atoms with Crippen molar-refractivity contribution in [2.45, 2.75) is 26.7 Å². The van der Waals surface area contributed by atoms with E-state index in [0.29, 0.717) is 16.8 Å². The van der Waals surface area contributed by atoms with Crippen molar-refractivity contribution in [2.75, 3.05) is 11.9 Å². The Balaban J connectivity index is 1.89. The molecule has 0 saturated carbocycles. The van der Waals surface area contributed by atoms with Crippen molar-refractivity contribution < 1.29 is 19.5 Å². The quantitative estimate of drug-likeness (QED) is 0.743. The van der Waals surface area contributed by atoms with Gasteiger partial charge in [-0.05, 0) is 61.7 Å². The van der Waals surface area contributed by atoms with Crippen molar-refractivity contribution >= 4 is 23.5 Å². The number of rotatable bonds is 6. The van der Waals surface area contributed by atoms with Gasteiger partial charge in [-0.1, -0.05) is 18.2 Å². The predicted molar refractivity (Wildman–Crippen MR) is 99.4 cm³/mol. The highest BCUT2D eigenvalue weighted by Gasteiger charge is 2.13. The van der Waals surface area contributed by atoms with E-state index in [1.807, 2.05) is 19.9 Å². The van der Waals surface area contributed by atoms with Gasteiger partial charge in [0, 0.05) is 11.3 Å². The summed E-state index contributed by atoms with van der Waals surface area (Å²) < 4.78 is 0. The van der Waals surface area contributed by atoms with Gasteiger partial charge in [0.15, 0.2) is 0 Å². The first-order valence-electron chi connectivity index (χ1n) is 8.26. The van der Waals surface area contributed by atoms with Crippen LogP contribution in [0.3, 0.4) is 0 Å². The third kappa shape index (κ3) is 4.92. The summed E-state index contributed by atoms with van der Waals surface area (Å²) in [5, 5.41) is 14.2. The Morgan fingerprint density at radius 1 is 1.00 bits per heavy atom. The number of carbonyl (C=O) groups excluding carboxylic acids is 2. The number of hydrogen-bond acceptors (Lipinski definition) is 3. The fourth-order valence-electron chi connectivity index (χ4n) is 2.35. The molecule has 0 heterocycles. The Bertz CT molecular complexity index is 828. The summed E-state index contributed by atoms with van der Waals surface area (Å²) in [5.74, 6) is -2.19. The molecule has 3 N–H and O–H groups in total. The third-order valence-corrected chi connectivity index (χ3v) is 4.24. The maximum atomic E-state index is 12.1. The molecule has 26 heavy (non-hydrogen) atoms. The summed E-state index contributed by atoms with van der Waals surface area (Å²) in [6.45, 7) is 5.33. The number of benzene rings is 2. The van der Waals surface area contributed by atoms with Crippen LogP contribution in [0.5, 0.6) is 0 Å². The van der Waals surface area contributed by atoms with Gasteiger partial charge in [0.2, 0.25) is 5.91 Å². The SMILES string of the molecule is Cc1ccc(C(=O)NCC(=O)Nc2ccc(C(C)C(=O)O)cc2)cc1C. The van der Waals surface area contributed by atoms with Crippen LogP contribution in [-0.2, 0) is 9.59 Å². The smallest absolute Gasteiger partial charge is 0.310 e. The highest BCUT2D eigenvalue weighted by molar-refractivity contribution is 5.99. The number of nitrogens with one attached hydrogen (secondary N) is 2. The number of hydrogen-bond donors (Lipinski definition) is 3. The van der Waals surface area contributed by atoms with Crippen molar-refractivity contribution in [2.24, 2.45) is 0 Å². The van der Waals surface area contributed by atoms with Gasteiger partial charge in [0.1, 0.15) is 0 Å². The predicted octanol–water partition coefficient (Wildman–Crippen LogP) is 2.86. The van der Waals surface area contributed by atoms with E-state index in [9.17, 15) is 14.4 Å². The lowest BCUT2D eigenvalue weighted by Crippen LogP contribution is -2.32. The summed E-state index contributed by atoms with van der Waals surface area (Å²) in [7, 11) is 0. The van der Waals surface area contributed by atoms with Crippen LogP contribution < -0.4 is 10.6 Å². The summed E-state index contributed by atoms with van der Waals surface area (Å²) >= 11 is 0. The minimum absolute atomic E-state index is 0.154. The molecule has 0 fully saturated rings. The molecule has 0 aliphatic rings. The van der Waals surface area contributed by atoms with Crippen LogP contribution in [0.15, 0.2) is 42.5 Å². The molecule has 0 radical (unpaired) electrons. The maximum absolute atomic E-state index is 12.1. The molecule has 1 unspecified atom stereocenters. The fraction of sp³-hybridized carbons (Fsp3) is 0.250. The molecule has 2 rings (SSSR count). The molecule has 2 aromatic carbocycles. The molecular weight excluding hydrogens is 332 g/mol. The summed E-state index contributed by atoms with van der Waals surface area (Å²) in [5.41, 5.74) is 3.81. The molecule has 2 amide bonds. The van der Waals surface area contributed by atoms with Gasteiger partial charge in [-0.2, -0.15) is 0 Å². The van der Waals surface area contributed by atoms with Gasteiger partial charge >= 0.3 is 5.97 Å². The van der Waals surface area contributed by atoms with E-state index >= 15 is 0 Å². The molecule has 0 aliphatic carbocycles. The zero-order valence-corrected chi connectivity index (χ0v) is 15.0. The van der Waals surface area contributed by atoms with Gasteiger partial charge < -0.3 is 15.7 Å². The third-order valence-electron chi connectivity index (χ3n) is 4.24. The fourth-order valence-corrected chi connectivity index (χ4v) is 2.35. The highest BCUT2D eigenvalue weighted by atomic mass is 16.4. The molecule has 1 atom stereocenters. The van der Waals surface area contributed by atoms with E-state index < -0.39 is 11.9 Å². The van der Waals surface area contributed by atoms with Gasteiger partial charge in [0.25, 0.3) is 5.91 Å². The first-order valence-corrected chi connectivity index (χ1v) is 8.26. The molecule has 136 valence electrons. The van der Waals surface area contributed by atoms with Crippen LogP contribution in [0.1, 0.15) is 39.9 Å². The number of aliphatic carboxylic acids is 1. The van der Waals surface area contributed by atoms with E-state index in [4.69, 9.17) is 5.11 Å². The summed E-state index contributed by atoms with van der Waals surface area (Å²) in [6, 6.07) is 12.0. The molecule has 6 heteroatoms. The molecule has 6 nitrogen and oxygen atoms in total. The largest absolute Gasteiger partial charge is 0.481 e. The standard InChI is InChI=1S/C20H22N2O4/c1-12-4-5-16(10-13(12)2)19(24)21-11-18(23)22-17-8-6-15(7-9-17)14(3)20(25)26/h4-10,14H,11H2,1-3H3,(H,21,24)(H,22,23)(H,25,26). The molecule has 0 spiro atoms. The second-order valence-electron chi connectivity index (χ2n) is 6.21. The Kier molecular flexibility index (Phi) is 6.11. The van der Waals surface area contributed by atoms with Gasteiger partial charge in [-0.3, -0.25) is 14.4 Å². The Hall–Kier alpha value is -3.15. The van der Waals surface area contributed by atoms with Crippen LogP contribution in [0.4, 0.5) is 5.69 Å². The van der Waals surface area contributed by atoms with Crippen molar-refractivity contribution in [3.8, 4) is 0 Å². The number of anilines is 1. The molecule has 0 aliphatic heterocycles. The van der Waals surface area contributed by atoms with E-state index in [-0.39, 0.29) is 18.4 Å². The van der Waals surface area contributed by atoms with Gasteiger partial charge in [-0.25, -0.2) is 0 Å². The van der Waals surface area contributed by atoms with Crippen molar-refractivity contribution in [1.82, 2.24) is 5.32 Å². The lowest BCUT2D eigenvalue weighted by molar-refractivity contribution is -0.138. The van der Waals surface area contributed by atoms with Crippen LogP contribution in [0, 0.1) is 13.8 Å². The minimum Gasteiger partial charge on any atom is -0.481 e. The lowest BCUT2D eigenvalue weighted by Gasteiger charge is -2.10. The highest BCUT2D eigenvalue weighted by Crippen LogP contribution is 2.18. The Morgan fingerprint density at radius 3 is 2.23 bits per heavy atom. The second-order valence-corrected chi connectivity index (χ2v) is 6.21. The van der Waals surface area contributed by atoms with E-state index in [0.717, 1.165) is 11.1 Å². The zero-order chi connectivity index (χ0) is 19.3. The number of carboxylic acid groups (broad SMARTS) is 1. The van der Waals surface area contributed by atoms with Crippen molar-refractivity contribution in [3.63, 3.8) is 0 Å². The lowest BCUT2D eigenvalue weighted by atomic mass is 10.0. The first kappa shape index (κ1) is 19.2. The van der Waals surface area contributed by atoms with Gasteiger partial charge in [-0.15, -0.1) is 0 Å². The van der Waals surface area contributed by atoms with Crippen LogP contribution in [0.25, 0.3) is 0 Å². The van der Waals surface area contributed by atoms with Crippen LogP contribution in [-0.4, -0.2) is 29.4 Å². The maximum Gasteiger partial charge on any atom is 0.310 e. The second kappa shape index (κ2) is 8.29. The van der Waals surface area contributed by atoms with Crippen molar-refractivity contribution in [1.29, 1.82) is 0 Å². The average Bonchev–Trinajstić information content (AvgIpc) is 2.62. The Labute approximate surface area is 152 Å². The van der Waals surface area contributed by atoms with Gasteiger partial charge in [0.05, 0.1) is 12.5 Å². The van der Waals surface area contributed by atoms with Crippen LogP contribution in [0.2, 0.25) is 0 Å². The molecule has 2 aromatic rings. The first-order chi connectivity index (χ1) is 12.3. The monoisotopic (exact) mass is 354 g/mol. The normalized spacial score (nSPS) is 11.5. The topological polar surface area (TPSA) is 95.5 Å². The summed E-state index contributed by atoms with van der Waals surface area (Å²) in [6.07, 6.45) is 0. The molecule has 0 aromatic heterocycles. The Morgan fingerprint density at radius 2 is 1.65 bits per heavy atom. The molecule has 0 saturated heterocycles. The number of aryl methyl sites for hydroxylation is 2. The molecule has 0 bridgehead atoms. The van der Waals surface area contributed by atoms with Crippen molar-refractivity contribution in [3.05, 3.63) is 64.7 Å². The summed E-state index contributed by atoms with van der Waals surface area (Å²) in [4.78, 5) is 35.0. The minimum atomic E-state index is -0.907. The number of carbonyl (C=O) groups is 3. The van der Waals surface area contributed by atoms with E-state index in [1.54, 1.807) is 43.3 Å². The number of carboxylic acids is 1. The van der Waals surface area contributed by atoms with E-state index in [1.165, 1.54) is 0 Å².